The summed E-state index contributed by atoms with van der Waals surface area (Å²) in [4.78, 5) is 47.1. The zero-order chi connectivity index (χ0) is 26.9. The van der Waals surface area contributed by atoms with E-state index in [1.165, 1.54) is 38.1 Å². The summed E-state index contributed by atoms with van der Waals surface area (Å²) < 4.78 is 13.2. The Morgan fingerprint density at radius 3 is 2.24 bits per heavy atom. The van der Waals surface area contributed by atoms with Crippen molar-refractivity contribution in [1.82, 2.24) is 20.2 Å². The van der Waals surface area contributed by atoms with E-state index in [1.807, 2.05) is 0 Å². The van der Waals surface area contributed by atoms with Crippen molar-refractivity contribution in [2.75, 3.05) is 36.8 Å². The largest absolute Gasteiger partial charge is 0.351 e. The van der Waals surface area contributed by atoms with Crippen LogP contribution in [0.3, 0.4) is 0 Å². The van der Waals surface area contributed by atoms with Crippen LogP contribution in [0.15, 0.2) is 48.8 Å². The van der Waals surface area contributed by atoms with Crippen LogP contribution in [0.25, 0.3) is 0 Å². The van der Waals surface area contributed by atoms with Gasteiger partial charge in [0.25, 0.3) is 17.7 Å². The van der Waals surface area contributed by atoms with E-state index in [4.69, 9.17) is 11.6 Å². The minimum absolute atomic E-state index is 0.00244. The molecule has 4 N–H and O–H groups in total. The molecule has 3 amide bonds. The molecule has 3 aromatic rings. The molecule has 1 aliphatic heterocycles. The first kappa shape index (κ1) is 27.3. The van der Waals surface area contributed by atoms with Crippen molar-refractivity contribution in [3.63, 3.8) is 0 Å². The molecule has 1 aromatic heterocycles. The van der Waals surface area contributed by atoms with Gasteiger partial charge in [0.05, 0.1) is 16.9 Å². The van der Waals surface area contributed by atoms with Crippen molar-refractivity contribution in [3.05, 3.63) is 76.6 Å². The number of aromatic nitrogens is 2. The van der Waals surface area contributed by atoms with Gasteiger partial charge in [-0.3, -0.25) is 14.4 Å². The summed E-state index contributed by atoms with van der Waals surface area (Å²) in [6.45, 7) is 3.65. The molecule has 2 heterocycles. The highest BCUT2D eigenvalue weighted by molar-refractivity contribution is 6.34. The van der Waals surface area contributed by atoms with Gasteiger partial charge in [-0.15, -0.1) is 0 Å². The van der Waals surface area contributed by atoms with Gasteiger partial charge in [-0.25, -0.2) is 9.37 Å². The lowest BCUT2D eigenvalue weighted by molar-refractivity contribution is 0.0933. The van der Waals surface area contributed by atoms with E-state index >= 15 is 0 Å². The van der Waals surface area contributed by atoms with Gasteiger partial charge in [0, 0.05) is 17.9 Å². The fraction of sp³-hybridized carbons (Fsp3) is 0.333. The minimum atomic E-state index is -0.546. The first-order valence-corrected chi connectivity index (χ1v) is 13.0. The van der Waals surface area contributed by atoms with E-state index in [9.17, 15) is 18.8 Å². The number of hydrogen-bond donors (Lipinski definition) is 4. The number of nitrogens with one attached hydrogen (secondary N) is 4. The monoisotopic (exact) mass is 540 g/mol. The highest BCUT2D eigenvalue weighted by Gasteiger charge is 2.20. The SMILES string of the molecule is O=C(Nc1ccc(NC(=O)c2nc[nH]c2C(=O)NCCCN2CCCCCC2)cc1)c1ccc(F)cc1Cl. The van der Waals surface area contributed by atoms with E-state index in [2.05, 4.69) is 30.8 Å². The number of carbonyl (C=O) groups excluding carboxylic acids is 3. The van der Waals surface area contributed by atoms with Crippen molar-refractivity contribution in [1.29, 1.82) is 0 Å². The van der Waals surface area contributed by atoms with E-state index in [0.717, 1.165) is 38.2 Å². The predicted molar refractivity (Wildman–Crippen MR) is 144 cm³/mol. The molecule has 0 saturated carbocycles. The Balaban J connectivity index is 1.27. The summed E-state index contributed by atoms with van der Waals surface area (Å²) in [6, 6.07) is 9.88. The Hall–Kier alpha value is -3.76. The Kier molecular flexibility index (Phi) is 9.45. The first-order chi connectivity index (χ1) is 18.4. The molecular weight excluding hydrogens is 511 g/mol. The fourth-order valence-corrected chi connectivity index (χ4v) is 4.54. The number of nitrogens with zero attached hydrogens (tertiary/aromatic N) is 2. The van der Waals surface area contributed by atoms with E-state index in [-0.39, 0.29) is 27.9 Å². The van der Waals surface area contributed by atoms with Crippen LogP contribution < -0.4 is 16.0 Å². The quantitative estimate of drug-likeness (QED) is 0.293. The normalized spacial score (nSPS) is 13.9. The summed E-state index contributed by atoms with van der Waals surface area (Å²) >= 11 is 5.94. The molecule has 11 heteroatoms. The molecule has 9 nitrogen and oxygen atoms in total. The third kappa shape index (κ3) is 7.39. The van der Waals surface area contributed by atoms with Gasteiger partial charge in [0.2, 0.25) is 0 Å². The molecule has 0 unspecified atom stereocenters. The number of imidazole rings is 1. The predicted octanol–water partition coefficient (Wildman–Crippen LogP) is 4.70. The van der Waals surface area contributed by atoms with Crippen molar-refractivity contribution in [2.24, 2.45) is 0 Å². The van der Waals surface area contributed by atoms with Gasteiger partial charge in [0.1, 0.15) is 11.5 Å². The number of halogens is 2. The van der Waals surface area contributed by atoms with Gasteiger partial charge in [-0.05, 0) is 81.4 Å². The van der Waals surface area contributed by atoms with Gasteiger partial charge in [-0.2, -0.15) is 0 Å². The summed E-state index contributed by atoms with van der Waals surface area (Å²) in [5.74, 6) is -1.96. The van der Waals surface area contributed by atoms with Crippen LogP contribution in [-0.2, 0) is 0 Å². The number of carbonyl (C=O) groups is 3. The van der Waals surface area contributed by atoms with Gasteiger partial charge < -0.3 is 25.8 Å². The Labute approximate surface area is 225 Å². The van der Waals surface area contributed by atoms with Crippen molar-refractivity contribution in [2.45, 2.75) is 32.1 Å². The first-order valence-electron chi connectivity index (χ1n) is 12.6. The molecule has 4 rings (SSSR count). The number of rotatable bonds is 9. The van der Waals surface area contributed by atoms with Crippen LogP contribution in [0.5, 0.6) is 0 Å². The smallest absolute Gasteiger partial charge is 0.276 e. The van der Waals surface area contributed by atoms with Crippen LogP contribution >= 0.6 is 11.6 Å². The summed E-state index contributed by atoms with van der Waals surface area (Å²) in [6.07, 6.45) is 7.15. The molecule has 1 saturated heterocycles. The van der Waals surface area contributed by atoms with Gasteiger partial charge in [0.15, 0.2) is 5.69 Å². The number of likely N-dealkylation sites (tertiary alicyclic amines) is 1. The Morgan fingerprint density at radius 2 is 1.58 bits per heavy atom. The number of amides is 3. The summed E-state index contributed by atoms with van der Waals surface area (Å²) in [5.41, 5.74) is 1.11. The fourth-order valence-electron chi connectivity index (χ4n) is 4.29. The molecule has 1 aliphatic rings. The second-order valence-corrected chi connectivity index (χ2v) is 9.51. The molecule has 1 fully saturated rings. The topological polar surface area (TPSA) is 119 Å². The van der Waals surface area contributed by atoms with E-state index < -0.39 is 17.6 Å². The van der Waals surface area contributed by atoms with Crippen molar-refractivity contribution >= 4 is 40.7 Å². The second kappa shape index (κ2) is 13.2. The maximum Gasteiger partial charge on any atom is 0.276 e. The summed E-state index contributed by atoms with van der Waals surface area (Å²) in [5, 5.41) is 8.23. The lowest BCUT2D eigenvalue weighted by Gasteiger charge is -2.19. The van der Waals surface area contributed by atoms with Crippen LogP contribution in [0.2, 0.25) is 5.02 Å². The molecule has 200 valence electrons. The second-order valence-electron chi connectivity index (χ2n) is 9.10. The molecule has 38 heavy (non-hydrogen) atoms. The number of aromatic amines is 1. The number of hydrogen-bond acceptors (Lipinski definition) is 5. The molecule has 0 atom stereocenters. The Morgan fingerprint density at radius 1 is 0.921 bits per heavy atom. The average Bonchev–Trinajstić information content (AvgIpc) is 3.25. The lowest BCUT2D eigenvalue weighted by atomic mass is 10.2. The maximum atomic E-state index is 13.2. The van der Waals surface area contributed by atoms with Crippen LogP contribution in [0.1, 0.15) is 63.4 Å². The summed E-state index contributed by atoms with van der Waals surface area (Å²) in [7, 11) is 0. The number of H-pyrrole nitrogens is 1. The molecule has 0 aliphatic carbocycles. The maximum absolute atomic E-state index is 13.2. The van der Waals surface area contributed by atoms with Crippen molar-refractivity contribution in [3.8, 4) is 0 Å². The molecular formula is C27H30ClFN6O3. The highest BCUT2D eigenvalue weighted by Crippen LogP contribution is 2.20. The Bertz CT molecular complexity index is 1270. The standard InChI is InChI=1S/C27H30ClFN6O3/c28-22-16-18(29)6-11-21(22)25(36)33-19-7-9-20(10-8-19)34-27(38)24-23(31-17-32-24)26(37)30-12-5-15-35-13-3-1-2-4-14-35/h6-11,16-17H,1-5,12-15H2,(H,30,37)(H,31,32)(H,33,36)(H,34,38). The van der Waals surface area contributed by atoms with E-state index in [1.54, 1.807) is 24.3 Å². The highest BCUT2D eigenvalue weighted by atomic mass is 35.5. The van der Waals surface area contributed by atoms with Gasteiger partial charge >= 0.3 is 0 Å². The van der Waals surface area contributed by atoms with E-state index in [0.29, 0.717) is 17.9 Å². The number of anilines is 2. The van der Waals surface area contributed by atoms with Crippen LogP contribution in [0.4, 0.5) is 15.8 Å². The third-order valence-corrected chi connectivity index (χ3v) is 6.61. The zero-order valence-electron chi connectivity index (χ0n) is 20.9. The van der Waals surface area contributed by atoms with Crippen molar-refractivity contribution < 1.29 is 18.8 Å². The molecule has 0 radical (unpaired) electrons. The van der Waals surface area contributed by atoms with Crippen LogP contribution in [0, 0.1) is 5.82 Å². The molecule has 2 aromatic carbocycles. The number of benzene rings is 2. The molecule has 0 spiro atoms. The van der Waals surface area contributed by atoms with Crippen LogP contribution in [-0.4, -0.2) is 58.8 Å². The average molecular weight is 541 g/mol. The zero-order valence-corrected chi connectivity index (χ0v) is 21.6. The minimum Gasteiger partial charge on any atom is -0.351 e. The lowest BCUT2D eigenvalue weighted by Crippen LogP contribution is -2.31. The third-order valence-electron chi connectivity index (χ3n) is 6.29. The van der Waals surface area contributed by atoms with Gasteiger partial charge in [-0.1, -0.05) is 24.4 Å². The molecule has 0 bridgehead atoms.